The average molecular weight is 512 g/mol. The highest BCUT2D eigenvalue weighted by molar-refractivity contribution is 7.13. The summed E-state index contributed by atoms with van der Waals surface area (Å²) in [4.78, 5) is 16.1. The van der Waals surface area contributed by atoms with Crippen LogP contribution in [0.1, 0.15) is 52.0 Å². The fourth-order valence-corrected chi connectivity index (χ4v) is 5.12. The Kier molecular flexibility index (Phi) is 10.4. The normalized spacial score (nSPS) is 14.1. The number of benzene rings is 1. The van der Waals surface area contributed by atoms with Crippen LogP contribution in [-0.2, 0) is 20.4 Å². The van der Waals surface area contributed by atoms with Crippen LogP contribution < -0.4 is 10.6 Å². The van der Waals surface area contributed by atoms with E-state index in [1.807, 2.05) is 23.6 Å². The van der Waals surface area contributed by atoms with E-state index in [0.29, 0.717) is 24.7 Å². The van der Waals surface area contributed by atoms with E-state index in [1.165, 1.54) is 11.3 Å². The van der Waals surface area contributed by atoms with E-state index in [-0.39, 0.29) is 29.6 Å². The molecule has 0 aliphatic carbocycles. The summed E-state index contributed by atoms with van der Waals surface area (Å²) in [5.41, 5.74) is 1.81. The third-order valence-electron chi connectivity index (χ3n) is 5.86. The molecule has 0 fully saturated rings. The molecule has 33 heavy (non-hydrogen) atoms. The molecule has 0 saturated heterocycles. The van der Waals surface area contributed by atoms with E-state index < -0.39 is 8.32 Å². The van der Waals surface area contributed by atoms with Gasteiger partial charge in [0, 0.05) is 29.5 Å². The first kappa shape index (κ1) is 27.8. The monoisotopic (exact) mass is 511 g/mol. The molecule has 2 rings (SSSR count). The molecular formula is C24H38ClN3O3SSi. The highest BCUT2D eigenvalue weighted by Crippen LogP contribution is 2.39. The number of anilines is 1. The highest BCUT2D eigenvalue weighted by Gasteiger charge is 2.39. The zero-order chi connectivity index (χ0) is 24.6. The van der Waals surface area contributed by atoms with Gasteiger partial charge in [0.05, 0.1) is 24.8 Å². The zero-order valence-electron chi connectivity index (χ0n) is 20.8. The number of esters is 1. The maximum Gasteiger partial charge on any atom is 0.311 e. The van der Waals surface area contributed by atoms with E-state index in [1.54, 1.807) is 6.92 Å². The number of hydrogen-bond acceptors (Lipinski definition) is 7. The van der Waals surface area contributed by atoms with Crippen LogP contribution in [0.15, 0.2) is 29.6 Å². The Labute approximate surface area is 208 Å². The van der Waals surface area contributed by atoms with Crippen molar-refractivity contribution in [3.63, 3.8) is 0 Å². The van der Waals surface area contributed by atoms with Crippen molar-refractivity contribution in [1.82, 2.24) is 10.3 Å². The topological polar surface area (TPSA) is 72.5 Å². The van der Waals surface area contributed by atoms with Crippen LogP contribution in [0.4, 0.5) is 5.13 Å². The molecule has 2 N–H and O–H groups in total. The van der Waals surface area contributed by atoms with Gasteiger partial charge in [-0.15, -0.1) is 11.3 Å². The van der Waals surface area contributed by atoms with E-state index in [2.05, 4.69) is 62.5 Å². The minimum absolute atomic E-state index is 0.0805. The van der Waals surface area contributed by atoms with Gasteiger partial charge in [0.2, 0.25) is 0 Å². The van der Waals surface area contributed by atoms with Gasteiger partial charge in [-0.25, -0.2) is 4.98 Å². The molecule has 0 aliphatic heterocycles. The fourth-order valence-electron chi connectivity index (χ4n) is 2.92. The van der Waals surface area contributed by atoms with Crippen molar-refractivity contribution in [1.29, 1.82) is 0 Å². The molecule has 0 spiro atoms. The predicted octanol–water partition coefficient (Wildman–Crippen LogP) is 6.06. The van der Waals surface area contributed by atoms with E-state index in [4.69, 9.17) is 20.8 Å². The van der Waals surface area contributed by atoms with Gasteiger partial charge in [-0.3, -0.25) is 4.79 Å². The summed E-state index contributed by atoms with van der Waals surface area (Å²) >= 11 is 7.77. The second kappa shape index (κ2) is 12.3. The lowest BCUT2D eigenvalue weighted by Gasteiger charge is -2.39. The molecule has 1 heterocycles. The van der Waals surface area contributed by atoms with Gasteiger partial charge in [0.1, 0.15) is 0 Å². The molecule has 9 heteroatoms. The number of thiazole rings is 1. The SMILES string of the molecule is CCOC(=O)Cc1csc(NC[C@@H](C)NC[C@H](O[Si](C)(C)C(C)(C)C)c2cccc(Cl)c2)n1. The molecule has 0 amide bonds. The smallest absolute Gasteiger partial charge is 0.311 e. The first-order valence-electron chi connectivity index (χ1n) is 11.4. The van der Waals surface area contributed by atoms with Crippen molar-refractivity contribution in [3.05, 3.63) is 45.9 Å². The third-order valence-corrected chi connectivity index (χ3v) is 11.4. The molecule has 2 aromatic rings. The Morgan fingerprint density at radius 1 is 1.27 bits per heavy atom. The Bertz CT molecular complexity index is 901. The third kappa shape index (κ3) is 9.02. The quantitative estimate of drug-likeness (QED) is 0.267. The molecular weight excluding hydrogens is 474 g/mol. The highest BCUT2D eigenvalue weighted by atomic mass is 35.5. The Hall–Kier alpha value is -1.45. The summed E-state index contributed by atoms with van der Waals surface area (Å²) in [7, 11) is -1.97. The second-order valence-corrected chi connectivity index (χ2v) is 15.8. The van der Waals surface area contributed by atoms with Crippen molar-refractivity contribution < 1.29 is 14.0 Å². The van der Waals surface area contributed by atoms with Gasteiger partial charge < -0.3 is 19.8 Å². The minimum atomic E-state index is -1.97. The van der Waals surface area contributed by atoms with Crippen LogP contribution in [0.2, 0.25) is 23.2 Å². The summed E-state index contributed by atoms with van der Waals surface area (Å²) in [6.07, 6.45) is 0.120. The number of rotatable bonds is 12. The first-order valence-corrected chi connectivity index (χ1v) is 15.6. The standard InChI is InChI=1S/C24H38ClN3O3SSi/c1-8-30-22(29)13-20-16-32-23(28-20)27-14-17(2)26-15-21(18-10-9-11-19(25)12-18)31-33(6,7)24(3,4)5/h9-12,16-17,21,26H,8,13-15H2,1-7H3,(H,27,28)/t17-,21+/m1/s1. The lowest BCUT2D eigenvalue weighted by molar-refractivity contribution is -0.142. The van der Waals surface area contributed by atoms with Gasteiger partial charge in [0.15, 0.2) is 13.4 Å². The fraction of sp³-hybridized carbons (Fsp3) is 0.583. The molecule has 184 valence electrons. The number of hydrogen-bond donors (Lipinski definition) is 2. The van der Waals surface area contributed by atoms with Crippen molar-refractivity contribution >= 4 is 42.4 Å². The van der Waals surface area contributed by atoms with Crippen molar-refractivity contribution in [2.24, 2.45) is 0 Å². The second-order valence-electron chi connectivity index (χ2n) is 9.74. The van der Waals surface area contributed by atoms with Gasteiger partial charge in [0.25, 0.3) is 0 Å². The minimum Gasteiger partial charge on any atom is -0.466 e. The van der Waals surface area contributed by atoms with Crippen LogP contribution in [0.25, 0.3) is 0 Å². The van der Waals surface area contributed by atoms with Crippen LogP contribution in [0.3, 0.4) is 0 Å². The van der Waals surface area contributed by atoms with Crippen LogP contribution in [-0.4, -0.2) is 45.0 Å². The van der Waals surface area contributed by atoms with E-state index in [9.17, 15) is 4.79 Å². The van der Waals surface area contributed by atoms with Crippen LogP contribution in [0.5, 0.6) is 0 Å². The van der Waals surface area contributed by atoms with Gasteiger partial charge in [-0.2, -0.15) is 0 Å². The van der Waals surface area contributed by atoms with Crippen molar-refractivity contribution in [2.75, 3.05) is 25.0 Å². The molecule has 0 saturated carbocycles. The largest absolute Gasteiger partial charge is 0.466 e. The van der Waals surface area contributed by atoms with E-state index >= 15 is 0 Å². The maximum absolute atomic E-state index is 11.6. The lowest BCUT2D eigenvalue weighted by Crippen LogP contribution is -2.44. The number of ether oxygens (including phenoxy) is 1. The molecule has 0 unspecified atom stereocenters. The summed E-state index contributed by atoms with van der Waals surface area (Å²) in [6.45, 7) is 17.0. The van der Waals surface area contributed by atoms with Crippen LogP contribution in [0, 0.1) is 0 Å². The van der Waals surface area contributed by atoms with Gasteiger partial charge in [-0.1, -0.05) is 44.5 Å². The molecule has 1 aromatic heterocycles. The van der Waals surface area contributed by atoms with Crippen LogP contribution >= 0.6 is 22.9 Å². The summed E-state index contributed by atoms with van der Waals surface area (Å²) in [5, 5.41) is 10.5. The summed E-state index contributed by atoms with van der Waals surface area (Å²) < 4.78 is 11.7. The molecule has 2 atom stereocenters. The first-order chi connectivity index (χ1) is 15.4. The number of aromatic nitrogens is 1. The number of nitrogens with zero attached hydrogens (tertiary/aromatic N) is 1. The summed E-state index contributed by atoms with van der Waals surface area (Å²) in [5.74, 6) is -0.252. The molecule has 0 aliphatic rings. The predicted molar refractivity (Wildman–Crippen MR) is 141 cm³/mol. The van der Waals surface area contributed by atoms with Crippen molar-refractivity contribution in [3.8, 4) is 0 Å². The molecule has 0 radical (unpaired) electrons. The van der Waals surface area contributed by atoms with Gasteiger partial charge >= 0.3 is 5.97 Å². The van der Waals surface area contributed by atoms with E-state index in [0.717, 1.165) is 16.4 Å². The number of carbonyl (C=O) groups is 1. The summed E-state index contributed by atoms with van der Waals surface area (Å²) in [6, 6.07) is 8.12. The zero-order valence-corrected chi connectivity index (χ0v) is 23.4. The number of halogens is 1. The molecule has 1 aromatic carbocycles. The number of carbonyl (C=O) groups excluding carboxylic acids is 1. The Morgan fingerprint density at radius 2 is 2.00 bits per heavy atom. The maximum atomic E-state index is 11.6. The number of nitrogens with one attached hydrogen (secondary N) is 2. The Balaban J connectivity index is 1.95. The average Bonchev–Trinajstić information content (AvgIpc) is 3.16. The lowest BCUT2D eigenvalue weighted by atomic mass is 10.1. The Morgan fingerprint density at radius 3 is 2.64 bits per heavy atom. The van der Waals surface area contributed by atoms with Gasteiger partial charge in [-0.05, 0) is 49.7 Å². The molecule has 0 bridgehead atoms. The van der Waals surface area contributed by atoms with Crippen molar-refractivity contribution in [2.45, 2.75) is 71.3 Å². The molecule has 6 nitrogen and oxygen atoms in total.